The maximum Gasteiger partial charge on any atom is 0.216 e. The summed E-state index contributed by atoms with van der Waals surface area (Å²) >= 11 is 0. The van der Waals surface area contributed by atoms with Gasteiger partial charge in [-0.25, -0.2) is 8.42 Å². The van der Waals surface area contributed by atoms with E-state index in [9.17, 15) is 8.42 Å². The minimum atomic E-state index is -3.19. The molecule has 2 rings (SSSR count). The van der Waals surface area contributed by atoms with Gasteiger partial charge in [0, 0.05) is 19.2 Å². The highest BCUT2D eigenvalue weighted by Gasteiger charge is 2.33. The summed E-state index contributed by atoms with van der Waals surface area (Å²) in [6.45, 7) is 5.22. The van der Waals surface area contributed by atoms with Crippen LogP contribution in [-0.4, -0.2) is 56.9 Å². The standard InChI is InChI=1S/C13H26N2O3S/c1-2-9-15(12-5-7-14-8-6-12)19(16,17)11-13-4-3-10-18-13/h12-14H,2-11H2,1H3. The molecule has 0 aliphatic carbocycles. The molecule has 2 saturated heterocycles. The largest absolute Gasteiger partial charge is 0.377 e. The minimum Gasteiger partial charge on any atom is -0.377 e. The van der Waals surface area contributed by atoms with Crippen LogP contribution in [0, 0.1) is 0 Å². The van der Waals surface area contributed by atoms with Crippen molar-refractivity contribution in [1.29, 1.82) is 0 Å². The fourth-order valence-electron chi connectivity index (χ4n) is 2.97. The third-order valence-electron chi connectivity index (χ3n) is 3.94. The first-order chi connectivity index (χ1) is 9.13. The molecule has 0 bridgehead atoms. The smallest absolute Gasteiger partial charge is 0.216 e. The van der Waals surface area contributed by atoms with Gasteiger partial charge in [-0.1, -0.05) is 6.92 Å². The van der Waals surface area contributed by atoms with E-state index in [4.69, 9.17) is 4.74 Å². The van der Waals surface area contributed by atoms with Crippen LogP contribution in [0.25, 0.3) is 0 Å². The van der Waals surface area contributed by atoms with Crippen LogP contribution in [0.3, 0.4) is 0 Å². The zero-order valence-corrected chi connectivity index (χ0v) is 12.6. The second-order valence-corrected chi connectivity index (χ2v) is 7.47. The summed E-state index contributed by atoms with van der Waals surface area (Å²) in [6, 6.07) is 0.174. The van der Waals surface area contributed by atoms with Crippen LogP contribution in [-0.2, 0) is 14.8 Å². The van der Waals surface area contributed by atoms with E-state index in [1.165, 1.54) is 0 Å². The second-order valence-electron chi connectivity index (χ2n) is 5.51. The van der Waals surface area contributed by atoms with Gasteiger partial charge in [-0.3, -0.25) is 0 Å². The number of nitrogens with one attached hydrogen (secondary N) is 1. The average molecular weight is 290 g/mol. The minimum absolute atomic E-state index is 0.0916. The number of hydrogen-bond donors (Lipinski definition) is 1. The van der Waals surface area contributed by atoms with Gasteiger partial charge in [0.1, 0.15) is 0 Å². The van der Waals surface area contributed by atoms with Gasteiger partial charge in [-0.05, 0) is 45.2 Å². The Bertz CT molecular complexity index is 360. The normalized spacial score (nSPS) is 26.1. The van der Waals surface area contributed by atoms with Crippen molar-refractivity contribution in [3.05, 3.63) is 0 Å². The van der Waals surface area contributed by atoms with E-state index in [0.29, 0.717) is 13.2 Å². The molecule has 0 aromatic rings. The molecule has 0 aromatic carbocycles. The zero-order chi connectivity index (χ0) is 13.7. The molecule has 0 amide bonds. The molecule has 2 heterocycles. The molecule has 112 valence electrons. The summed E-state index contributed by atoms with van der Waals surface area (Å²) in [5.41, 5.74) is 0. The van der Waals surface area contributed by atoms with Crippen molar-refractivity contribution >= 4 is 10.0 Å². The molecule has 2 fully saturated rings. The molecule has 1 atom stereocenters. The van der Waals surface area contributed by atoms with E-state index in [2.05, 4.69) is 5.32 Å². The van der Waals surface area contributed by atoms with Crippen LogP contribution in [0.5, 0.6) is 0 Å². The quantitative estimate of drug-likeness (QED) is 0.791. The first kappa shape index (κ1) is 15.2. The topological polar surface area (TPSA) is 58.6 Å². The molecular weight excluding hydrogens is 264 g/mol. The molecule has 0 aromatic heterocycles. The molecule has 6 heteroatoms. The molecule has 2 aliphatic heterocycles. The van der Waals surface area contributed by atoms with Crippen LogP contribution < -0.4 is 5.32 Å². The lowest BCUT2D eigenvalue weighted by Gasteiger charge is -2.34. The molecule has 0 spiro atoms. The van der Waals surface area contributed by atoms with Gasteiger partial charge in [0.15, 0.2) is 0 Å². The van der Waals surface area contributed by atoms with Crippen molar-refractivity contribution in [2.24, 2.45) is 0 Å². The van der Waals surface area contributed by atoms with Gasteiger partial charge in [0.05, 0.1) is 11.9 Å². The van der Waals surface area contributed by atoms with Crippen molar-refractivity contribution in [1.82, 2.24) is 9.62 Å². The average Bonchev–Trinajstić information content (AvgIpc) is 2.89. The lowest BCUT2D eigenvalue weighted by molar-refractivity contribution is 0.125. The van der Waals surface area contributed by atoms with E-state index < -0.39 is 10.0 Å². The third-order valence-corrected chi connectivity index (χ3v) is 5.93. The summed E-state index contributed by atoms with van der Waals surface area (Å²) in [7, 11) is -3.19. The number of sulfonamides is 1. The summed E-state index contributed by atoms with van der Waals surface area (Å²) in [4.78, 5) is 0. The SMILES string of the molecule is CCCN(C1CCNCC1)S(=O)(=O)CC1CCCO1. The van der Waals surface area contributed by atoms with E-state index in [0.717, 1.165) is 45.2 Å². The molecule has 0 radical (unpaired) electrons. The number of nitrogens with zero attached hydrogens (tertiary/aromatic N) is 1. The molecule has 19 heavy (non-hydrogen) atoms. The zero-order valence-electron chi connectivity index (χ0n) is 11.8. The number of rotatable bonds is 6. The highest BCUT2D eigenvalue weighted by Crippen LogP contribution is 2.21. The fourth-order valence-corrected chi connectivity index (χ4v) is 5.02. The number of piperidine rings is 1. The van der Waals surface area contributed by atoms with Crippen molar-refractivity contribution in [2.75, 3.05) is 32.0 Å². The first-order valence-corrected chi connectivity index (χ1v) is 9.06. The first-order valence-electron chi connectivity index (χ1n) is 7.45. The van der Waals surface area contributed by atoms with Crippen molar-refractivity contribution in [2.45, 2.75) is 51.2 Å². The molecule has 1 N–H and O–H groups in total. The highest BCUT2D eigenvalue weighted by atomic mass is 32.2. The number of ether oxygens (including phenoxy) is 1. The van der Waals surface area contributed by atoms with E-state index in [-0.39, 0.29) is 17.9 Å². The van der Waals surface area contributed by atoms with Crippen LogP contribution in [0.4, 0.5) is 0 Å². The van der Waals surface area contributed by atoms with Crippen molar-refractivity contribution in [3.8, 4) is 0 Å². The Morgan fingerprint density at radius 3 is 2.58 bits per heavy atom. The van der Waals surface area contributed by atoms with Gasteiger partial charge in [0.2, 0.25) is 10.0 Å². The van der Waals surface area contributed by atoms with Crippen molar-refractivity contribution < 1.29 is 13.2 Å². The molecule has 5 nitrogen and oxygen atoms in total. The van der Waals surface area contributed by atoms with E-state index in [1.54, 1.807) is 4.31 Å². The molecule has 2 aliphatic rings. The lowest BCUT2D eigenvalue weighted by Crippen LogP contribution is -2.48. The summed E-state index contributed by atoms with van der Waals surface area (Å²) in [5, 5.41) is 3.29. The van der Waals surface area contributed by atoms with Crippen LogP contribution in [0.2, 0.25) is 0 Å². The fraction of sp³-hybridized carbons (Fsp3) is 1.00. The number of hydrogen-bond acceptors (Lipinski definition) is 4. The summed E-state index contributed by atoms with van der Waals surface area (Å²) in [5.74, 6) is 0.164. The Morgan fingerprint density at radius 1 is 1.26 bits per heavy atom. The van der Waals surface area contributed by atoms with Gasteiger partial charge < -0.3 is 10.1 Å². The summed E-state index contributed by atoms with van der Waals surface area (Å²) < 4.78 is 32.4. The Morgan fingerprint density at radius 2 is 2.00 bits per heavy atom. The highest BCUT2D eigenvalue weighted by molar-refractivity contribution is 7.89. The van der Waals surface area contributed by atoms with Gasteiger partial charge in [0.25, 0.3) is 0 Å². The summed E-state index contributed by atoms with van der Waals surface area (Å²) in [6.07, 6.45) is 4.49. The molecule has 1 unspecified atom stereocenters. The van der Waals surface area contributed by atoms with Crippen LogP contribution >= 0.6 is 0 Å². The Labute approximate surface area is 116 Å². The second kappa shape index (κ2) is 7.02. The maximum absolute atomic E-state index is 12.6. The van der Waals surface area contributed by atoms with E-state index >= 15 is 0 Å². The van der Waals surface area contributed by atoms with E-state index in [1.807, 2.05) is 6.92 Å². The van der Waals surface area contributed by atoms with Crippen LogP contribution in [0.1, 0.15) is 39.0 Å². The predicted molar refractivity (Wildman–Crippen MR) is 75.6 cm³/mol. The van der Waals surface area contributed by atoms with Gasteiger partial charge >= 0.3 is 0 Å². The predicted octanol–water partition coefficient (Wildman–Crippen LogP) is 0.959. The maximum atomic E-state index is 12.6. The Kier molecular flexibility index (Phi) is 5.62. The van der Waals surface area contributed by atoms with Gasteiger partial charge in [-0.15, -0.1) is 0 Å². The molecule has 0 saturated carbocycles. The third kappa shape index (κ3) is 4.15. The Hall–Kier alpha value is -0.170. The Balaban J connectivity index is 2.02. The monoisotopic (exact) mass is 290 g/mol. The van der Waals surface area contributed by atoms with Crippen LogP contribution in [0.15, 0.2) is 0 Å². The van der Waals surface area contributed by atoms with Crippen molar-refractivity contribution in [3.63, 3.8) is 0 Å². The van der Waals surface area contributed by atoms with Gasteiger partial charge in [-0.2, -0.15) is 4.31 Å². The molecular formula is C13H26N2O3S. The lowest BCUT2D eigenvalue weighted by atomic mass is 10.1.